The standard InChI is InChI=1S/C15H22FNOS/c1-6-12(9-19-5)17(4)15-7-10(2)14(16)8-13(15)11(3)18/h7-8,12H,6,9H2,1-5H3. The molecule has 1 unspecified atom stereocenters. The molecule has 0 aliphatic heterocycles. The van der Waals surface area contributed by atoms with Crippen molar-refractivity contribution in [2.75, 3.05) is 24.0 Å². The lowest BCUT2D eigenvalue weighted by Gasteiger charge is -2.30. The second-order valence-corrected chi connectivity index (χ2v) is 5.71. The quantitative estimate of drug-likeness (QED) is 0.738. The molecule has 0 fully saturated rings. The number of nitrogens with zero attached hydrogens (tertiary/aromatic N) is 1. The average molecular weight is 283 g/mol. The van der Waals surface area contributed by atoms with Crippen molar-refractivity contribution in [1.29, 1.82) is 0 Å². The first kappa shape index (κ1) is 16.0. The lowest BCUT2D eigenvalue weighted by atomic mass is 10.0. The molecule has 0 saturated heterocycles. The van der Waals surface area contributed by atoms with Gasteiger partial charge in [0.15, 0.2) is 5.78 Å². The highest BCUT2D eigenvalue weighted by Gasteiger charge is 2.19. The first-order valence-electron chi connectivity index (χ1n) is 6.45. The first-order chi connectivity index (χ1) is 8.92. The molecule has 0 N–H and O–H groups in total. The average Bonchev–Trinajstić information content (AvgIpc) is 2.37. The van der Waals surface area contributed by atoms with E-state index in [1.165, 1.54) is 13.0 Å². The van der Waals surface area contributed by atoms with E-state index in [0.717, 1.165) is 17.9 Å². The first-order valence-corrected chi connectivity index (χ1v) is 7.84. The third-order valence-corrected chi connectivity index (χ3v) is 4.13. The van der Waals surface area contributed by atoms with Crippen molar-refractivity contribution in [2.45, 2.75) is 33.2 Å². The minimum absolute atomic E-state index is 0.0974. The van der Waals surface area contributed by atoms with Gasteiger partial charge in [0.25, 0.3) is 0 Å². The number of hydrogen-bond acceptors (Lipinski definition) is 3. The molecule has 4 heteroatoms. The van der Waals surface area contributed by atoms with E-state index < -0.39 is 0 Å². The van der Waals surface area contributed by atoms with Crippen LogP contribution in [0.4, 0.5) is 10.1 Å². The third-order valence-electron chi connectivity index (χ3n) is 3.41. The fraction of sp³-hybridized carbons (Fsp3) is 0.533. The molecule has 0 spiro atoms. The van der Waals surface area contributed by atoms with Crippen LogP contribution in [0.2, 0.25) is 0 Å². The summed E-state index contributed by atoms with van der Waals surface area (Å²) in [6.07, 6.45) is 3.06. The van der Waals surface area contributed by atoms with E-state index in [1.807, 2.05) is 7.05 Å². The molecule has 1 aromatic rings. The highest BCUT2D eigenvalue weighted by Crippen LogP contribution is 2.27. The summed E-state index contributed by atoms with van der Waals surface area (Å²) in [4.78, 5) is 13.8. The molecule has 0 radical (unpaired) electrons. The molecule has 1 rings (SSSR count). The van der Waals surface area contributed by atoms with E-state index in [0.29, 0.717) is 17.2 Å². The number of rotatable bonds is 6. The number of carbonyl (C=O) groups excluding carboxylic acids is 1. The molecule has 0 heterocycles. The van der Waals surface area contributed by atoms with Crippen LogP contribution in [-0.2, 0) is 0 Å². The summed E-state index contributed by atoms with van der Waals surface area (Å²) >= 11 is 1.78. The fourth-order valence-corrected chi connectivity index (χ4v) is 2.98. The summed E-state index contributed by atoms with van der Waals surface area (Å²) < 4.78 is 13.6. The largest absolute Gasteiger partial charge is 0.370 e. The lowest BCUT2D eigenvalue weighted by Crippen LogP contribution is -2.34. The zero-order chi connectivity index (χ0) is 14.6. The summed E-state index contributed by atoms with van der Waals surface area (Å²) in [7, 11) is 1.98. The molecule has 1 atom stereocenters. The summed E-state index contributed by atoms with van der Waals surface area (Å²) in [6, 6.07) is 3.47. The van der Waals surface area contributed by atoms with Crippen molar-refractivity contribution in [3.8, 4) is 0 Å². The Hall–Kier alpha value is -1.03. The Balaban J connectivity index is 3.23. The van der Waals surface area contributed by atoms with Gasteiger partial charge in [0.1, 0.15) is 5.82 Å². The van der Waals surface area contributed by atoms with Gasteiger partial charge in [-0.1, -0.05) is 6.92 Å². The maximum Gasteiger partial charge on any atom is 0.161 e. The molecule has 0 saturated carbocycles. The molecule has 0 aromatic heterocycles. The topological polar surface area (TPSA) is 20.3 Å². The Labute approximate surface area is 119 Å². The van der Waals surface area contributed by atoms with E-state index in [2.05, 4.69) is 18.1 Å². The SMILES string of the molecule is CCC(CSC)N(C)c1cc(C)c(F)cc1C(C)=O. The normalized spacial score (nSPS) is 12.3. The van der Waals surface area contributed by atoms with E-state index in [-0.39, 0.29) is 11.6 Å². The van der Waals surface area contributed by atoms with E-state index >= 15 is 0 Å². The fourth-order valence-electron chi connectivity index (χ4n) is 2.13. The van der Waals surface area contributed by atoms with Gasteiger partial charge in [-0.2, -0.15) is 11.8 Å². The lowest BCUT2D eigenvalue weighted by molar-refractivity contribution is 0.101. The number of halogens is 1. The highest BCUT2D eigenvalue weighted by molar-refractivity contribution is 7.98. The maximum absolute atomic E-state index is 13.6. The van der Waals surface area contributed by atoms with Crippen LogP contribution in [0.15, 0.2) is 12.1 Å². The van der Waals surface area contributed by atoms with Crippen molar-refractivity contribution in [3.05, 3.63) is 29.1 Å². The van der Waals surface area contributed by atoms with E-state index in [4.69, 9.17) is 0 Å². The second-order valence-electron chi connectivity index (χ2n) is 4.80. The van der Waals surface area contributed by atoms with E-state index in [9.17, 15) is 9.18 Å². The minimum Gasteiger partial charge on any atom is -0.370 e. The van der Waals surface area contributed by atoms with Gasteiger partial charge in [-0.15, -0.1) is 0 Å². The number of thioether (sulfide) groups is 1. The molecule has 2 nitrogen and oxygen atoms in total. The zero-order valence-electron chi connectivity index (χ0n) is 12.3. The van der Waals surface area contributed by atoms with Crippen LogP contribution in [0.1, 0.15) is 36.2 Å². The number of aryl methyl sites for hydroxylation is 1. The van der Waals surface area contributed by atoms with Gasteiger partial charge >= 0.3 is 0 Å². The van der Waals surface area contributed by atoms with Crippen LogP contribution in [0.25, 0.3) is 0 Å². The number of anilines is 1. The van der Waals surface area contributed by atoms with Crippen LogP contribution in [0, 0.1) is 12.7 Å². The van der Waals surface area contributed by atoms with Gasteiger partial charge in [0, 0.05) is 30.1 Å². The summed E-state index contributed by atoms with van der Waals surface area (Å²) in [5.41, 5.74) is 1.86. The third kappa shape index (κ3) is 3.72. The van der Waals surface area contributed by atoms with Crippen LogP contribution >= 0.6 is 11.8 Å². The van der Waals surface area contributed by atoms with Crippen molar-refractivity contribution in [2.24, 2.45) is 0 Å². The molecular weight excluding hydrogens is 261 g/mol. The molecular formula is C15H22FNOS. The molecule has 19 heavy (non-hydrogen) atoms. The Morgan fingerprint density at radius 1 is 1.47 bits per heavy atom. The van der Waals surface area contributed by atoms with Crippen LogP contribution in [0.5, 0.6) is 0 Å². The Morgan fingerprint density at radius 2 is 2.11 bits per heavy atom. The molecule has 106 valence electrons. The Morgan fingerprint density at radius 3 is 2.58 bits per heavy atom. The van der Waals surface area contributed by atoms with Gasteiger partial charge in [-0.05, 0) is 44.2 Å². The monoisotopic (exact) mass is 283 g/mol. The molecule has 0 bridgehead atoms. The predicted octanol–water partition coefficient (Wildman–Crippen LogP) is 3.91. The van der Waals surface area contributed by atoms with Gasteiger partial charge in [-0.3, -0.25) is 4.79 Å². The smallest absolute Gasteiger partial charge is 0.161 e. The second kappa shape index (κ2) is 6.94. The van der Waals surface area contributed by atoms with E-state index in [1.54, 1.807) is 24.8 Å². The van der Waals surface area contributed by atoms with Gasteiger partial charge in [0.2, 0.25) is 0 Å². The highest BCUT2D eigenvalue weighted by atomic mass is 32.2. The molecule has 0 amide bonds. The van der Waals surface area contributed by atoms with Crippen LogP contribution < -0.4 is 4.90 Å². The number of hydrogen-bond donors (Lipinski definition) is 0. The number of carbonyl (C=O) groups is 1. The van der Waals surface area contributed by atoms with Crippen molar-refractivity contribution in [1.82, 2.24) is 0 Å². The Bertz CT molecular complexity index is 462. The molecule has 0 aliphatic rings. The van der Waals surface area contributed by atoms with Gasteiger partial charge in [0.05, 0.1) is 0 Å². The van der Waals surface area contributed by atoms with Gasteiger partial charge in [-0.25, -0.2) is 4.39 Å². The maximum atomic E-state index is 13.6. The summed E-state index contributed by atoms with van der Waals surface area (Å²) in [5.74, 6) is 0.570. The molecule has 0 aliphatic carbocycles. The summed E-state index contributed by atoms with van der Waals surface area (Å²) in [6.45, 7) is 5.34. The van der Waals surface area contributed by atoms with Gasteiger partial charge < -0.3 is 4.90 Å². The van der Waals surface area contributed by atoms with Crippen molar-refractivity contribution >= 4 is 23.2 Å². The molecule has 1 aromatic carbocycles. The number of Topliss-reactive ketones (excluding diaryl/α,β-unsaturated/α-hetero) is 1. The predicted molar refractivity (Wildman–Crippen MR) is 82.0 cm³/mol. The zero-order valence-corrected chi connectivity index (χ0v) is 13.1. The van der Waals surface area contributed by atoms with Crippen LogP contribution in [0.3, 0.4) is 0 Å². The number of ketones is 1. The Kier molecular flexibility index (Phi) is 5.85. The van der Waals surface area contributed by atoms with Crippen molar-refractivity contribution in [3.63, 3.8) is 0 Å². The minimum atomic E-state index is -0.319. The van der Waals surface area contributed by atoms with Crippen molar-refractivity contribution < 1.29 is 9.18 Å². The summed E-state index contributed by atoms with van der Waals surface area (Å²) in [5, 5.41) is 0. The van der Waals surface area contributed by atoms with Crippen LogP contribution in [-0.4, -0.2) is 30.9 Å². The number of benzene rings is 1.